The van der Waals surface area contributed by atoms with Crippen molar-refractivity contribution in [3.63, 3.8) is 0 Å². The van der Waals surface area contributed by atoms with Crippen LogP contribution in [0.2, 0.25) is 0 Å². The molecule has 14 heavy (non-hydrogen) atoms. The van der Waals surface area contributed by atoms with E-state index in [1.54, 1.807) is 0 Å². The van der Waals surface area contributed by atoms with Crippen molar-refractivity contribution in [3.05, 3.63) is 11.4 Å². The minimum atomic E-state index is 0.535. The molecule has 0 spiro atoms. The van der Waals surface area contributed by atoms with Crippen LogP contribution in [0.5, 0.6) is 0 Å². The molecule has 2 aliphatic rings. The Bertz CT molecular complexity index is 353. The summed E-state index contributed by atoms with van der Waals surface area (Å²) in [6, 6.07) is 0.610. The first-order chi connectivity index (χ1) is 6.81. The van der Waals surface area contributed by atoms with Crippen LogP contribution in [0, 0.1) is 5.92 Å². The smallest absolute Gasteiger partial charge is 0.0997 e. The Hall–Kier alpha value is -0.900. The predicted molar refractivity (Wildman–Crippen MR) is 52.7 cm³/mol. The Balaban J connectivity index is 1.97. The number of nitrogens with two attached hydrogens (primary N) is 1. The first-order valence-electron chi connectivity index (χ1n) is 5.45. The Labute approximate surface area is 83.5 Å². The third kappa shape index (κ3) is 1.17. The fraction of sp³-hybridized carbons (Fsp3) is 0.800. The molecule has 1 aromatic heterocycles. The molecule has 2 atom stereocenters. The number of hydrogen-bond acceptors (Lipinski definition) is 3. The maximum Gasteiger partial charge on any atom is 0.0997 e. The van der Waals surface area contributed by atoms with Gasteiger partial charge in [0.05, 0.1) is 17.4 Å². The van der Waals surface area contributed by atoms with Gasteiger partial charge in [-0.1, -0.05) is 12.1 Å². The Kier molecular flexibility index (Phi) is 1.68. The highest BCUT2D eigenvalue weighted by Crippen LogP contribution is 2.48. The summed E-state index contributed by atoms with van der Waals surface area (Å²) in [5.74, 6) is 1.48. The van der Waals surface area contributed by atoms with Gasteiger partial charge in [-0.15, -0.1) is 5.10 Å². The Morgan fingerprint density at radius 2 is 2.21 bits per heavy atom. The average molecular weight is 192 g/mol. The summed E-state index contributed by atoms with van der Waals surface area (Å²) in [6.07, 6.45) is 3.84. The van der Waals surface area contributed by atoms with Gasteiger partial charge < -0.3 is 5.73 Å². The molecular weight excluding hydrogens is 176 g/mol. The molecule has 2 unspecified atom stereocenters. The fourth-order valence-electron chi connectivity index (χ4n) is 2.15. The van der Waals surface area contributed by atoms with Crippen LogP contribution in [-0.4, -0.2) is 15.0 Å². The molecule has 4 nitrogen and oxygen atoms in total. The van der Waals surface area contributed by atoms with Crippen LogP contribution >= 0.6 is 0 Å². The third-order valence-electron chi connectivity index (χ3n) is 3.34. The van der Waals surface area contributed by atoms with Gasteiger partial charge in [-0.3, -0.25) is 0 Å². The van der Waals surface area contributed by atoms with Crippen molar-refractivity contribution in [2.75, 3.05) is 0 Å². The molecule has 0 amide bonds. The fourth-order valence-corrected chi connectivity index (χ4v) is 2.15. The van der Waals surface area contributed by atoms with Crippen molar-refractivity contribution >= 4 is 0 Å². The van der Waals surface area contributed by atoms with Gasteiger partial charge in [0.15, 0.2) is 0 Å². The second-order valence-corrected chi connectivity index (χ2v) is 4.62. The molecule has 0 bridgehead atoms. The summed E-state index contributed by atoms with van der Waals surface area (Å²) in [5, 5.41) is 8.43. The minimum absolute atomic E-state index is 0.535. The molecule has 4 heteroatoms. The lowest BCUT2D eigenvalue weighted by Crippen LogP contribution is -2.06. The van der Waals surface area contributed by atoms with E-state index in [4.69, 9.17) is 5.73 Å². The lowest BCUT2D eigenvalue weighted by Gasteiger charge is -2.04. The molecule has 0 radical (unpaired) electrons. The van der Waals surface area contributed by atoms with E-state index in [0.29, 0.717) is 18.5 Å². The van der Waals surface area contributed by atoms with E-state index in [9.17, 15) is 0 Å². The van der Waals surface area contributed by atoms with E-state index in [2.05, 4.69) is 21.9 Å². The molecule has 0 aromatic carbocycles. The van der Waals surface area contributed by atoms with Crippen molar-refractivity contribution < 1.29 is 0 Å². The molecule has 3 rings (SSSR count). The van der Waals surface area contributed by atoms with Crippen LogP contribution in [0.25, 0.3) is 0 Å². The molecule has 2 N–H and O–H groups in total. The summed E-state index contributed by atoms with van der Waals surface area (Å²) in [5.41, 5.74) is 8.02. The highest BCUT2D eigenvalue weighted by Gasteiger charge is 2.40. The second kappa shape index (κ2) is 2.79. The molecule has 1 heterocycles. The molecule has 76 valence electrons. The quantitative estimate of drug-likeness (QED) is 0.782. The van der Waals surface area contributed by atoms with Gasteiger partial charge >= 0.3 is 0 Å². The zero-order valence-corrected chi connectivity index (χ0v) is 8.48. The van der Waals surface area contributed by atoms with Gasteiger partial charge in [0.1, 0.15) is 0 Å². The van der Waals surface area contributed by atoms with Crippen LogP contribution in [-0.2, 0) is 6.54 Å². The van der Waals surface area contributed by atoms with Gasteiger partial charge in [0, 0.05) is 12.5 Å². The highest BCUT2D eigenvalue weighted by atomic mass is 15.5. The summed E-state index contributed by atoms with van der Waals surface area (Å²) in [7, 11) is 0. The van der Waals surface area contributed by atoms with Crippen molar-refractivity contribution in [3.8, 4) is 0 Å². The highest BCUT2D eigenvalue weighted by molar-refractivity contribution is 5.22. The molecule has 0 aliphatic heterocycles. The van der Waals surface area contributed by atoms with E-state index in [1.165, 1.54) is 25.0 Å². The zero-order valence-electron chi connectivity index (χ0n) is 8.48. The zero-order chi connectivity index (χ0) is 9.71. The summed E-state index contributed by atoms with van der Waals surface area (Å²) < 4.78 is 2.14. The number of rotatable bonds is 3. The number of aromatic nitrogens is 3. The van der Waals surface area contributed by atoms with Crippen LogP contribution < -0.4 is 5.73 Å². The lowest BCUT2D eigenvalue weighted by molar-refractivity contribution is 0.556. The van der Waals surface area contributed by atoms with Gasteiger partial charge in [0.2, 0.25) is 0 Å². The van der Waals surface area contributed by atoms with E-state index in [1.807, 2.05) is 0 Å². The topological polar surface area (TPSA) is 56.7 Å². The second-order valence-electron chi connectivity index (χ2n) is 4.62. The third-order valence-corrected chi connectivity index (χ3v) is 3.34. The van der Waals surface area contributed by atoms with Crippen LogP contribution in [0.3, 0.4) is 0 Å². The van der Waals surface area contributed by atoms with Crippen LogP contribution in [0.4, 0.5) is 0 Å². The first-order valence-corrected chi connectivity index (χ1v) is 5.45. The Morgan fingerprint density at radius 1 is 1.50 bits per heavy atom. The monoisotopic (exact) mass is 192 g/mol. The van der Waals surface area contributed by atoms with Gasteiger partial charge in [-0.2, -0.15) is 0 Å². The standard InChI is InChI=1S/C10H16N4/c1-6-4-9(6)14-10(7-2-3-7)8(5-11)12-13-14/h6-7,9H,2-5,11H2,1H3. The predicted octanol–water partition coefficient (Wildman–Crippen LogP) is 1.20. The summed E-state index contributed by atoms with van der Waals surface area (Å²) in [4.78, 5) is 0. The van der Waals surface area contributed by atoms with Gasteiger partial charge in [0.25, 0.3) is 0 Å². The lowest BCUT2D eigenvalue weighted by atomic mass is 10.2. The van der Waals surface area contributed by atoms with Crippen LogP contribution in [0.15, 0.2) is 0 Å². The SMILES string of the molecule is CC1CC1n1nnc(CN)c1C1CC1. The molecule has 2 saturated carbocycles. The molecule has 2 fully saturated rings. The average Bonchev–Trinajstić information content (AvgIpc) is 3.09. The summed E-state index contributed by atoms with van der Waals surface area (Å²) in [6.45, 7) is 2.80. The van der Waals surface area contributed by atoms with Gasteiger partial charge in [-0.05, 0) is 25.2 Å². The van der Waals surface area contributed by atoms with Crippen LogP contribution in [0.1, 0.15) is 49.5 Å². The maximum absolute atomic E-state index is 5.67. The van der Waals surface area contributed by atoms with Crippen molar-refractivity contribution in [2.45, 2.75) is 44.7 Å². The largest absolute Gasteiger partial charge is 0.325 e. The van der Waals surface area contributed by atoms with E-state index >= 15 is 0 Å². The first kappa shape index (κ1) is 8.41. The normalized spacial score (nSPS) is 30.7. The van der Waals surface area contributed by atoms with E-state index in [-0.39, 0.29) is 0 Å². The van der Waals surface area contributed by atoms with Crippen molar-refractivity contribution in [2.24, 2.45) is 11.7 Å². The molecular formula is C10H16N4. The number of hydrogen-bond donors (Lipinski definition) is 1. The summed E-state index contributed by atoms with van der Waals surface area (Å²) >= 11 is 0. The molecule has 2 aliphatic carbocycles. The van der Waals surface area contributed by atoms with Gasteiger partial charge in [-0.25, -0.2) is 4.68 Å². The van der Waals surface area contributed by atoms with Crippen molar-refractivity contribution in [1.29, 1.82) is 0 Å². The van der Waals surface area contributed by atoms with E-state index < -0.39 is 0 Å². The number of nitrogens with zero attached hydrogens (tertiary/aromatic N) is 3. The molecule has 0 saturated heterocycles. The van der Waals surface area contributed by atoms with Crippen molar-refractivity contribution in [1.82, 2.24) is 15.0 Å². The molecule has 1 aromatic rings. The minimum Gasteiger partial charge on any atom is -0.325 e. The van der Waals surface area contributed by atoms with E-state index in [0.717, 1.165) is 11.6 Å². The Morgan fingerprint density at radius 3 is 2.71 bits per heavy atom. The maximum atomic E-state index is 5.67.